The second-order valence-corrected chi connectivity index (χ2v) is 6.99. The van der Waals surface area contributed by atoms with Crippen molar-refractivity contribution < 1.29 is 4.79 Å². The van der Waals surface area contributed by atoms with Gasteiger partial charge >= 0.3 is 0 Å². The minimum Gasteiger partial charge on any atom is -0.353 e. The molecule has 3 aliphatic carbocycles. The number of hydrogen-bond donors (Lipinski definition) is 3. The Bertz CT molecular complexity index is 332. The number of hydrogen-bond acceptors (Lipinski definition) is 3. The molecule has 0 saturated heterocycles. The third-order valence-electron chi connectivity index (χ3n) is 5.53. The summed E-state index contributed by atoms with van der Waals surface area (Å²) in [5.41, 5.74) is 12.0. The molecule has 3 aliphatic rings. The van der Waals surface area contributed by atoms with Gasteiger partial charge < -0.3 is 16.8 Å². The van der Waals surface area contributed by atoms with Crippen molar-refractivity contribution >= 4 is 5.91 Å². The molecule has 4 unspecified atom stereocenters. The summed E-state index contributed by atoms with van der Waals surface area (Å²) in [6, 6.07) is 0.969. The van der Waals surface area contributed by atoms with E-state index in [-0.39, 0.29) is 17.9 Å². The molecule has 4 heteroatoms. The van der Waals surface area contributed by atoms with Crippen molar-refractivity contribution in [1.29, 1.82) is 0 Å². The van der Waals surface area contributed by atoms with Gasteiger partial charge in [0.25, 0.3) is 0 Å². The Morgan fingerprint density at radius 2 is 1.58 bits per heavy atom. The standard InChI is InChI=1S/C15H27N3O/c16-12-5-4-11(8-12)15(19)18-14-9-2-1-3-10(14)7-13(17)6-9/h9-14H,1-8,16-17H2,(H,18,19). The van der Waals surface area contributed by atoms with Crippen LogP contribution in [0.3, 0.4) is 0 Å². The maximum Gasteiger partial charge on any atom is 0.223 e. The largest absolute Gasteiger partial charge is 0.353 e. The average molecular weight is 265 g/mol. The maximum absolute atomic E-state index is 12.4. The van der Waals surface area contributed by atoms with Crippen LogP contribution in [-0.4, -0.2) is 24.0 Å². The van der Waals surface area contributed by atoms with E-state index in [1.807, 2.05) is 0 Å². The Balaban J connectivity index is 1.61. The topological polar surface area (TPSA) is 81.1 Å². The van der Waals surface area contributed by atoms with Crippen LogP contribution in [-0.2, 0) is 4.79 Å². The van der Waals surface area contributed by atoms with Gasteiger partial charge in [-0.2, -0.15) is 0 Å². The van der Waals surface area contributed by atoms with Crippen LogP contribution in [0.1, 0.15) is 51.4 Å². The molecular formula is C15H27N3O. The van der Waals surface area contributed by atoms with Crippen molar-refractivity contribution in [1.82, 2.24) is 5.32 Å². The summed E-state index contributed by atoms with van der Waals surface area (Å²) < 4.78 is 0. The molecule has 0 aromatic heterocycles. The molecule has 0 spiro atoms. The molecule has 3 fully saturated rings. The summed E-state index contributed by atoms with van der Waals surface area (Å²) in [4.78, 5) is 12.4. The van der Waals surface area contributed by atoms with E-state index in [2.05, 4.69) is 5.32 Å². The van der Waals surface area contributed by atoms with E-state index in [1.54, 1.807) is 0 Å². The highest BCUT2D eigenvalue weighted by molar-refractivity contribution is 5.79. The van der Waals surface area contributed by atoms with Crippen molar-refractivity contribution in [3.05, 3.63) is 0 Å². The van der Waals surface area contributed by atoms with E-state index in [4.69, 9.17) is 11.5 Å². The summed E-state index contributed by atoms with van der Waals surface area (Å²) >= 11 is 0. The van der Waals surface area contributed by atoms with E-state index in [9.17, 15) is 4.79 Å². The Hall–Kier alpha value is -0.610. The van der Waals surface area contributed by atoms with Gasteiger partial charge in [-0.15, -0.1) is 0 Å². The molecule has 4 atom stereocenters. The zero-order valence-electron chi connectivity index (χ0n) is 11.7. The molecule has 4 nitrogen and oxygen atoms in total. The average Bonchev–Trinajstić information content (AvgIpc) is 2.77. The predicted octanol–water partition coefficient (Wildman–Crippen LogP) is 1.14. The van der Waals surface area contributed by atoms with Crippen molar-refractivity contribution in [2.75, 3.05) is 0 Å². The van der Waals surface area contributed by atoms with Gasteiger partial charge in [0.15, 0.2) is 0 Å². The van der Waals surface area contributed by atoms with Crippen molar-refractivity contribution in [3.63, 3.8) is 0 Å². The zero-order chi connectivity index (χ0) is 13.4. The van der Waals surface area contributed by atoms with E-state index < -0.39 is 0 Å². The Morgan fingerprint density at radius 3 is 2.16 bits per heavy atom. The number of nitrogens with two attached hydrogens (primary N) is 2. The minimum atomic E-state index is 0.159. The lowest BCUT2D eigenvalue weighted by molar-refractivity contribution is -0.127. The number of rotatable bonds is 2. The van der Waals surface area contributed by atoms with Gasteiger partial charge in [-0.3, -0.25) is 4.79 Å². The molecule has 0 heterocycles. The molecule has 0 radical (unpaired) electrons. The van der Waals surface area contributed by atoms with E-state index in [0.717, 1.165) is 32.1 Å². The Labute approximate surface area is 115 Å². The first-order valence-corrected chi connectivity index (χ1v) is 7.95. The van der Waals surface area contributed by atoms with Crippen LogP contribution in [0.5, 0.6) is 0 Å². The highest BCUT2D eigenvalue weighted by Gasteiger charge is 2.41. The summed E-state index contributed by atoms with van der Waals surface area (Å²) in [6.07, 6.45) is 8.79. The molecule has 19 heavy (non-hydrogen) atoms. The van der Waals surface area contributed by atoms with Gasteiger partial charge in [-0.1, -0.05) is 6.42 Å². The molecule has 3 rings (SSSR count). The molecule has 108 valence electrons. The summed E-state index contributed by atoms with van der Waals surface area (Å²) in [5, 5.41) is 3.35. The van der Waals surface area contributed by atoms with Crippen LogP contribution in [0, 0.1) is 17.8 Å². The first-order valence-electron chi connectivity index (χ1n) is 7.95. The second-order valence-electron chi connectivity index (χ2n) is 6.99. The molecule has 0 aromatic carbocycles. The lowest BCUT2D eigenvalue weighted by Crippen LogP contribution is -2.54. The van der Waals surface area contributed by atoms with Crippen LogP contribution >= 0.6 is 0 Å². The number of fused-ring (bicyclic) bond motifs is 2. The highest BCUT2D eigenvalue weighted by Crippen LogP contribution is 2.40. The third kappa shape index (κ3) is 2.79. The first-order chi connectivity index (χ1) is 9.13. The summed E-state index contributed by atoms with van der Waals surface area (Å²) in [6.45, 7) is 0. The SMILES string of the molecule is NC1CCC(C(=O)NC2C3CCCC2CC(N)C3)C1. The molecule has 5 N–H and O–H groups in total. The first kappa shape index (κ1) is 13.4. The highest BCUT2D eigenvalue weighted by atomic mass is 16.2. The smallest absolute Gasteiger partial charge is 0.223 e. The number of nitrogens with one attached hydrogen (secondary N) is 1. The van der Waals surface area contributed by atoms with Gasteiger partial charge in [0.1, 0.15) is 0 Å². The van der Waals surface area contributed by atoms with Crippen LogP contribution in [0.4, 0.5) is 0 Å². The third-order valence-corrected chi connectivity index (χ3v) is 5.53. The predicted molar refractivity (Wildman–Crippen MR) is 75.3 cm³/mol. The minimum absolute atomic E-state index is 0.159. The molecule has 3 saturated carbocycles. The molecule has 0 aromatic rings. The van der Waals surface area contributed by atoms with Crippen LogP contribution < -0.4 is 16.8 Å². The Morgan fingerprint density at radius 1 is 0.895 bits per heavy atom. The van der Waals surface area contributed by atoms with Gasteiger partial charge in [0.2, 0.25) is 5.91 Å². The maximum atomic E-state index is 12.4. The van der Waals surface area contributed by atoms with Crippen molar-refractivity contribution in [2.45, 2.75) is 69.5 Å². The van der Waals surface area contributed by atoms with Crippen LogP contribution in [0.15, 0.2) is 0 Å². The fourth-order valence-electron chi connectivity index (χ4n) is 4.56. The lowest BCUT2D eigenvalue weighted by atomic mass is 9.67. The van der Waals surface area contributed by atoms with Crippen molar-refractivity contribution in [3.8, 4) is 0 Å². The lowest BCUT2D eigenvalue weighted by Gasteiger charge is -2.45. The molecular weight excluding hydrogens is 238 g/mol. The zero-order valence-corrected chi connectivity index (χ0v) is 11.7. The number of carbonyl (C=O) groups is 1. The van der Waals surface area contributed by atoms with Gasteiger partial charge in [-0.05, 0) is 56.8 Å². The fourth-order valence-corrected chi connectivity index (χ4v) is 4.56. The van der Waals surface area contributed by atoms with E-state index in [0.29, 0.717) is 23.9 Å². The van der Waals surface area contributed by atoms with Gasteiger partial charge in [0, 0.05) is 24.0 Å². The monoisotopic (exact) mass is 265 g/mol. The second kappa shape index (κ2) is 5.41. The quantitative estimate of drug-likeness (QED) is 0.700. The van der Waals surface area contributed by atoms with E-state index in [1.165, 1.54) is 19.3 Å². The number of amides is 1. The molecule has 2 bridgehead atoms. The Kier molecular flexibility index (Phi) is 3.81. The normalized spacial score (nSPS) is 46.0. The van der Waals surface area contributed by atoms with Gasteiger partial charge in [0.05, 0.1) is 0 Å². The van der Waals surface area contributed by atoms with Crippen LogP contribution in [0.2, 0.25) is 0 Å². The summed E-state index contributed by atoms with van der Waals surface area (Å²) in [7, 11) is 0. The molecule has 0 aliphatic heterocycles. The van der Waals surface area contributed by atoms with Crippen molar-refractivity contribution in [2.24, 2.45) is 29.2 Å². The van der Waals surface area contributed by atoms with E-state index >= 15 is 0 Å². The molecule has 1 amide bonds. The fraction of sp³-hybridized carbons (Fsp3) is 0.933. The number of carbonyl (C=O) groups excluding carboxylic acids is 1. The summed E-state index contributed by atoms with van der Waals surface area (Å²) in [5.74, 6) is 1.64. The van der Waals surface area contributed by atoms with Crippen LogP contribution in [0.25, 0.3) is 0 Å². The van der Waals surface area contributed by atoms with Gasteiger partial charge in [-0.25, -0.2) is 0 Å².